The SMILES string of the molecule is COC(=O)[C@@H](NC(=O)C1CCOCC1)c1ccccc1C(F)(F)F. The summed E-state index contributed by atoms with van der Waals surface area (Å²) in [5.41, 5.74) is -1.31. The molecule has 1 aliphatic rings. The van der Waals surface area contributed by atoms with Gasteiger partial charge in [0.1, 0.15) is 0 Å². The smallest absolute Gasteiger partial charge is 0.416 e. The number of hydrogen-bond acceptors (Lipinski definition) is 4. The molecule has 0 radical (unpaired) electrons. The summed E-state index contributed by atoms with van der Waals surface area (Å²) in [6.07, 6.45) is -3.73. The highest BCUT2D eigenvalue weighted by Crippen LogP contribution is 2.35. The Morgan fingerprint density at radius 1 is 1.25 bits per heavy atom. The largest absolute Gasteiger partial charge is 0.467 e. The van der Waals surface area contributed by atoms with Gasteiger partial charge in [-0.1, -0.05) is 18.2 Å². The van der Waals surface area contributed by atoms with E-state index >= 15 is 0 Å². The number of methoxy groups -OCH3 is 1. The minimum absolute atomic E-state index is 0.336. The number of benzene rings is 1. The van der Waals surface area contributed by atoms with Gasteiger partial charge >= 0.3 is 12.1 Å². The maximum atomic E-state index is 13.2. The van der Waals surface area contributed by atoms with Crippen molar-refractivity contribution in [1.29, 1.82) is 0 Å². The van der Waals surface area contributed by atoms with Crippen LogP contribution in [0.3, 0.4) is 0 Å². The average molecular weight is 345 g/mol. The van der Waals surface area contributed by atoms with Crippen LogP contribution in [-0.2, 0) is 25.2 Å². The summed E-state index contributed by atoms with van der Waals surface area (Å²) >= 11 is 0. The van der Waals surface area contributed by atoms with Gasteiger partial charge in [-0.15, -0.1) is 0 Å². The predicted octanol–water partition coefficient (Wildman–Crippen LogP) is 2.46. The average Bonchev–Trinajstić information content (AvgIpc) is 2.59. The zero-order valence-electron chi connectivity index (χ0n) is 13.1. The lowest BCUT2D eigenvalue weighted by molar-refractivity contribution is -0.147. The molecule has 8 heteroatoms. The van der Waals surface area contributed by atoms with Gasteiger partial charge in [0.05, 0.1) is 12.7 Å². The summed E-state index contributed by atoms with van der Waals surface area (Å²) in [6.45, 7) is 0.806. The third kappa shape index (κ3) is 4.25. The molecule has 0 aliphatic carbocycles. The fourth-order valence-electron chi connectivity index (χ4n) is 2.61. The van der Waals surface area contributed by atoms with Crippen LogP contribution in [0.15, 0.2) is 24.3 Å². The first-order chi connectivity index (χ1) is 11.3. The number of alkyl halides is 3. The second-order valence-corrected chi connectivity index (χ2v) is 5.44. The molecule has 1 heterocycles. The highest BCUT2D eigenvalue weighted by Gasteiger charge is 2.38. The van der Waals surface area contributed by atoms with Crippen LogP contribution in [0.4, 0.5) is 13.2 Å². The van der Waals surface area contributed by atoms with E-state index in [9.17, 15) is 22.8 Å². The molecule has 5 nitrogen and oxygen atoms in total. The molecule has 0 unspecified atom stereocenters. The number of carbonyl (C=O) groups is 2. The molecule has 24 heavy (non-hydrogen) atoms. The van der Waals surface area contributed by atoms with E-state index < -0.39 is 35.6 Å². The van der Waals surface area contributed by atoms with E-state index in [1.54, 1.807) is 0 Å². The molecule has 1 atom stereocenters. The number of ether oxygens (including phenoxy) is 2. The number of halogens is 3. The third-order valence-corrected chi connectivity index (χ3v) is 3.89. The second-order valence-electron chi connectivity index (χ2n) is 5.44. The van der Waals surface area contributed by atoms with Crippen molar-refractivity contribution in [3.05, 3.63) is 35.4 Å². The van der Waals surface area contributed by atoms with E-state index in [4.69, 9.17) is 4.74 Å². The van der Waals surface area contributed by atoms with Crippen LogP contribution in [0.1, 0.15) is 30.0 Å². The molecule has 0 aromatic heterocycles. The quantitative estimate of drug-likeness (QED) is 0.852. The first kappa shape index (κ1) is 18.3. The molecule has 0 bridgehead atoms. The molecule has 1 aromatic rings. The van der Waals surface area contributed by atoms with Gasteiger partial charge in [-0.2, -0.15) is 13.2 Å². The third-order valence-electron chi connectivity index (χ3n) is 3.89. The van der Waals surface area contributed by atoms with Crippen LogP contribution in [-0.4, -0.2) is 32.2 Å². The number of hydrogen-bond donors (Lipinski definition) is 1. The van der Waals surface area contributed by atoms with Crippen molar-refractivity contribution in [2.45, 2.75) is 25.1 Å². The molecule has 1 saturated heterocycles. The fourth-order valence-corrected chi connectivity index (χ4v) is 2.61. The van der Waals surface area contributed by atoms with E-state index in [2.05, 4.69) is 10.1 Å². The Labute approximate surface area is 137 Å². The molecule has 0 spiro atoms. The summed E-state index contributed by atoms with van der Waals surface area (Å²) in [7, 11) is 1.06. The predicted molar refractivity (Wildman–Crippen MR) is 77.9 cm³/mol. The molecule has 1 aliphatic heterocycles. The lowest BCUT2D eigenvalue weighted by Crippen LogP contribution is -2.40. The van der Waals surface area contributed by atoms with Gasteiger partial charge in [-0.25, -0.2) is 4.79 Å². The van der Waals surface area contributed by atoms with E-state index in [0.717, 1.165) is 19.2 Å². The van der Waals surface area contributed by atoms with Crippen molar-refractivity contribution in [3.8, 4) is 0 Å². The highest BCUT2D eigenvalue weighted by molar-refractivity contribution is 5.87. The van der Waals surface area contributed by atoms with Crippen LogP contribution in [0.25, 0.3) is 0 Å². The van der Waals surface area contributed by atoms with Crippen molar-refractivity contribution < 1.29 is 32.2 Å². The Morgan fingerprint density at radius 3 is 2.46 bits per heavy atom. The number of carbonyl (C=O) groups excluding carboxylic acids is 2. The molecule has 1 fully saturated rings. The van der Waals surface area contributed by atoms with Crippen molar-refractivity contribution in [2.24, 2.45) is 5.92 Å². The molecule has 132 valence electrons. The van der Waals surface area contributed by atoms with Crippen molar-refractivity contribution in [2.75, 3.05) is 20.3 Å². The zero-order chi connectivity index (χ0) is 17.7. The maximum absolute atomic E-state index is 13.2. The molecular weight excluding hydrogens is 327 g/mol. The Kier molecular flexibility index (Phi) is 5.82. The van der Waals surface area contributed by atoms with E-state index in [1.807, 2.05) is 0 Å². The van der Waals surface area contributed by atoms with E-state index in [-0.39, 0.29) is 5.56 Å². The molecule has 1 aromatic carbocycles. The molecular formula is C16H18F3NO4. The Balaban J connectivity index is 2.29. The minimum Gasteiger partial charge on any atom is -0.467 e. The molecule has 0 saturated carbocycles. The lowest BCUT2D eigenvalue weighted by atomic mass is 9.96. The molecule has 1 N–H and O–H groups in total. The number of rotatable bonds is 4. The van der Waals surface area contributed by atoms with E-state index in [1.165, 1.54) is 12.1 Å². The number of nitrogens with one attached hydrogen (secondary N) is 1. The van der Waals surface area contributed by atoms with Gasteiger partial charge in [0, 0.05) is 19.1 Å². The van der Waals surface area contributed by atoms with Gasteiger partial charge < -0.3 is 14.8 Å². The van der Waals surface area contributed by atoms with Crippen LogP contribution in [0.5, 0.6) is 0 Å². The standard InChI is InChI=1S/C16H18F3NO4/c1-23-15(22)13(20-14(21)10-6-8-24-9-7-10)11-4-2-3-5-12(11)16(17,18)19/h2-5,10,13H,6-9H2,1H3,(H,20,21)/t13-/m0/s1. The monoisotopic (exact) mass is 345 g/mol. The van der Waals surface area contributed by atoms with Crippen molar-refractivity contribution in [1.82, 2.24) is 5.32 Å². The topological polar surface area (TPSA) is 64.6 Å². The fraction of sp³-hybridized carbons (Fsp3) is 0.500. The van der Waals surface area contributed by atoms with Gasteiger partial charge in [0.15, 0.2) is 6.04 Å². The summed E-state index contributed by atoms with van der Waals surface area (Å²) in [5.74, 6) is -1.83. The molecule has 2 rings (SSSR count). The summed E-state index contributed by atoms with van der Waals surface area (Å²) in [5, 5.41) is 2.40. The first-order valence-electron chi connectivity index (χ1n) is 7.46. The van der Waals surface area contributed by atoms with Gasteiger partial charge in [0.2, 0.25) is 5.91 Å². The maximum Gasteiger partial charge on any atom is 0.416 e. The first-order valence-corrected chi connectivity index (χ1v) is 7.46. The van der Waals surface area contributed by atoms with Gasteiger partial charge in [0.25, 0.3) is 0 Å². The Morgan fingerprint density at radius 2 is 1.88 bits per heavy atom. The Hall–Kier alpha value is -2.09. The van der Waals surface area contributed by atoms with Crippen molar-refractivity contribution >= 4 is 11.9 Å². The summed E-state index contributed by atoms with van der Waals surface area (Å²) < 4.78 is 49.3. The zero-order valence-corrected chi connectivity index (χ0v) is 13.1. The normalized spacial score (nSPS) is 17.2. The van der Waals surface area contributed by atoms with Gasteiger partial charge in [-0.3, -0.25) is 4.79 Å². The summed E-state index contributed by atoms with van der Waals surface area (Å²) in [6, 6.07) is 3.12. The number of esters is 1. The Bertz CT molecular complexity index is 597. The van der Waals surface area contributed by atoms with Crippen LogP contribution >= 0.6 is 0 Å². The van der Waals surface area contributed by atoms with Crippen LogP contribution in [0.2, 0.25) is 0 Å². The van der Waals surface area contributed by atoms with E-state index in [0.29, 0.717) is 26.1 Å². The highest BCUT2D eigenvalue weighted by atomic mass is 19.4. The molecule has 1 amide bonds. The minimum atomic E-state index is -4.65. The van der Waals surface area contributed by atoms with Gasteiger partial charge in [-0.05, 0) is 24.5 Å². The van der Waals surface area contributed by atoms with Crippen LogP contribution < -0.4 is 5.32 Å². The van der Waals surface area contributed by atoms with Crippen molar-refractivity contribution in [3.63, 3.8) is 0 Å². The lowest BCUT2D eigenvalue weighted by Gasteiger charge is -2.25. The summed E-state index contributed by atoms with van der Waals surface area (Å²) in [4.78, 5) is 24.3. The van der Waals surface area contributed by atoms with Crippen LogP contribution in [0, 0.1) is 5.92 Å². The number of amides is 1. The second kappa shape index (κ2) is 7.65.